The minimum absolute atomic E-state index is 0.0245. The molecule has 1 saturated heterocycles. The Morgan fingerprint density at radius 2 is 1.80 bits per heavy atom. The average molecular weight is 282 g/mol. The zero-order valence-corrected chi connectivity index (χ0v) is 12.5. The topological polar surface area (TPSA) is 70.1 Å². The number of urea groups is 1. The number of nitrogens with zero attached hydrogens (tertiary/aromatic N) is 2. The molecular weight excluding hydrogens is 260 g/mol. The quantitative estimate of drug-likeness (QED) is 0.784. The summed E-state index contributed by atoms with van der Waals surface area (Å²) in [6.45, 7) is 7.97. The highest BCUT2D eigenvalue weighted by Gasteiger charge is 2.41. The highest BCUT2D eigenvalue weighted by Crippen LogP contribution is 2.28. The van der Waals surface area contributed by atoms with Crippen molar-refractivity contribution in [2.75, 3.05) is 26.2 Å². The van der Waals surface area contributed by atoms with Crippen LogP contribution in [-0.2, 0) is 9.53 Å². The third-order valence-corrected chi connectivity index (χ3v) is 2.85. The van der Waals surface area contributed by atoms with Crippen molar-refractivity contribution in [3.05, 3.63) is 0 Å². The molecule has 1 heterocycles. The molecule has 0 aromatic carbocycles. The zero-order chi connectivity index (χ0) is 15.6. The molecule has 6 nitrogen and oxygen atoms in total. The number of amides is 2. The van der Waals surface area contributed by atoms with Gasteiger partial charge in [-0.05, 0) is 27.7 Å². The maximum absolute atomic E-state index is 12.4. The molecular formula is C14H22N2O4. The van der Waals surface area contributed by atoms with Gasteiger partial charge in [-0.2, -0.15) is 0 Å². The summed E-state index contributed by atoms with van der Waals surface area (Å²) in [6.07, 6.45) is 5.20. The van der Waals surface area contributed by atoms with Gasteiger partial charge >= 0.3 is 12.0 Å². The molecule has 1 aliphatic rings. The van der Waals surface area contributed by atoms with Gasteiger partial charge < -0.3 is 19.6 Å². The van der Waals surface area contributed by atoms with Crippen molar-refractivity contribution in [2.45, 2.75) is 38.9 Å². The first kappa shape index (κ1) is 16.3. The molecule has 0 saturated carbocycles. The van der Waals surface area contributed by atoms with E-state index in [0.29, 0.717) is 13.1 Å². The van der Waals surface area contributed by atoms with E-state index in [0.717, 1.165) is 4.90 Å². The second-order valence-corrected chi connectivity index (χ2v) is 6.21. The number of carboxylic acids is 1. The molecule has 0 bridgehead atoms. The summed E-state index contributed by atoms with van der Waals surface area (Å²) in [7, 11) is 0. The van der Waals surface area contributed by atoms with Gasteiger partial charge in [0.1, 0.15) is 6.54 Å². The highest BCUT2D eigenvalue weighted by molar-refractivity contribution is 5.80. The third kappa shape index (κ3) is 4.42. The standard InChI is InChI=1S/C14H22N2O4/c1-6-7-15(8-11(17)18)12(19)16-9-13(2,3)20-14(4,5)10-16/h1H,7-10H2,2-5H3,(H,17,18). The van der Waals surface area contributed by atoms with Crippen molar-refractivity contribution in [3.63, 3.8) is 0 Å². The van der Waals surface area contributed by atoms with Gasteiger partial charge in [-0.3, -0.25) is 4.79 Å². The van der Waals surface area contributed by atoms with Crippen molar-refractivity contribution in [1.29, 1.82) is 0 Å². The SMILES string of the molecule is C#CCN(CC(=O)O)C(=O)N1CC(C)(C)OC(C)(C)C1. The van der Waals surface area contributed by atoms with E-state index >= 15 is 0 Å². The van der Waals surface area contributed by atoms with Crippen LogP contribution in [0, 0.1) is 12.3 Å². The number of morpholine rings is 1. The van der Waals surface area contributed by atoms with Crippen LogP contribution < -0.4 is 0 Å². The lowest BCUT2D eigenvalue weighted by molar-refractivity contribution is -0.171. The van der Waals surface area contributed by atoms with Crippen LogP contribution in [0.1, 0.15) is 27.7 Å². The van der Waals surface area contributed by atoms with Crippen LogP contribution in [0.15, 0.2) is 0 Å². The maximum atomic E-state index is 12.4. The highest BCUT2D eigenvalue weighted by atomic mass is 16.5. The normalized spacial score (nSPS) is 20.1. The summed E-state index contributed by atoms with van der Waals surface area (Å²) in [6, 6.07) is -0.366. The fourth-order valence-corrected chi connectivity index (χ4v) is 2.59. The van der Waals surface area contributed by atoms with Gasteiger partial charge in [-0.25, -0.2) is 4.79 Å². The van der Waals surface area contributed by atoms with Crippen molar-refractivity contribution >= 4 is 12.0 Å². The molecule has 0 aromatic rings. The number of ether oxygens (including phenoxy) is 1. The molecule has 1 fully saturated rings. The van der Waals surface area contributed by atoms with Crippen molar-refractivity contribution in [2.24, 2.45) is 0 Å². The van der Waals surface area contributed by atoms with E-state index in [2.05, 4.69) is 5.92 Å². The number of hydrogen-bond donors (Lipinski definition) is 1. The molecule has 0 radical (unpaired) electrons. The first-order valence-corrected chi connectivity index (χ1v) is 6.46. The van der Waals surface area contributed by atoms with Crippen LogP contribution in [0.2, 0.25) is 0 Å². The number of aliphatic carboxylic acids is 1. The molecule has 0 aliphatic carbocycles. The fourth-order valence-electron chi connectivity index (χ4n) is 2.59. The Bertz CT molecular complexity index is 421. The van der Waals surface area contributed by atoms with Gasteiger partial charge in [-0.15, -0.1) is 6.42 Å². The van der Waals surface area contributed by atoms with Crippen LogP contribution in [0.3, 0.4) is 0 Å². The lowest BCUT2D eigenvalue weighted by Crippen LogP contribution is -2.61. The Kier molecular flexibility index (Phi) is 4.66. The molecule has 0 unspecified atom stereocenters. The molecule has 0 atom stereocenters. The van der Waals surface area contributed by atoms with Crippen LogP contribution >= 0.6 is 0 Å². The Balaban J connectivity index is 2.88. The molecule has 1 rings (SSSR count). The van der Waals surface area contributed by atoms with E-state index in [1.165, 1.54) is 0 Å². The number of hydrogen-bond acceptors (Lipinski definition) is 3. The minimum Gasteiger partial charge on any atom is -0.480 e. The maximum Gasteiger partial charge on any atom is 0.323 e. The van der Waals surface area contributed by atoms with E-state index in [1.807, 2.05) is 27.7 Å². The lowest BCUT2D eigenvalue weighted by atomic mass is 9.99. The van der Waals surface area contributed by atoms with E-state index in [9.17, 15) is 9.59 Å². The van der Waals surface area contributed by atoms with Crippen LogP contribution in [0.4, 0.5) is 4.79 Å². The molecule has 1 N–H and O–H groups in total. The molecule has 6 heteroatoms. The Morgan fingerprint density at radius 3 is 2.20 bits per heavy atom. The summed E-state index contributed by atoms with van der Waals surface area (Å²) in [4.78, 5) is 26.0. The minimum atomic E-state index is -1.08. The predicted octanol–water partition coefficient (Wildman–Crippen LogP) is 1.02. The first-order chi connectivity index (χ1) is 9.06. The van der Waals surface area contributed by atoms with E-state index in [1.54, 1.807) is 4.90 Å². The largest absolute Gasteiger partial charge is 0.480 e. The average Bonchev–Trinajstić information content (AvgIpc) is 2.22. The summed E-state index contributed by atoms with van der Waals surface area (Å²) >= 11 is 0. The zero-order valence-electron chi connectivity index (χ0n) is 12.5. The van der Waals surface area contributed by atoms with E-state index < -0.39 is 23.7 Å². The molecule has 1 aliphatic heterocycles. The van der Waals surface area contributed by atoms with Crippen LogP contribution in [-0.4, -0.2) is 64.3 Å². The molecule has 0 aromatic heterocycles. The first-order valence-electron chi connectivity index (χ1n) is 6.46. The van der Waals surface area contributed by atoms with Gasteiger partial charge in [0.25, 0.3) is 0 Å². The molecule has 112 valence electrons. The van der Waals surface area contributed by atoms with Crippen molar-refractivity contribution in [3.8, 4) is 12.3 Å². The summed E-state index contributed by atoms with van der Waals surface area (Å²) in [5.74, 6) is 1.24. The number of carbonyl (C=O) groups excluding carboxylic acids is 1. The Hall–Kier alpha value is -1.74. The van der Waals surface area contributed by atoms with Crippen molar-refractivity contribution in [1.82, 2.24) is 9.80 Å². The van der Waals surface area contributed by atoms with Crippen LogP contribution in [0.25, 0.3) is 0 Å². The van der Waals surface area contributed by atoms with E-state index in [-0.39, 0.29) is 12.6 Å². The van der Waals surface area contributed by atoms with Gasteiger partial charge in [0.05, 0.1) is 30.8 Å². The molecule has 2 amide bonds. The van der Waals surface area contributed by atoms with Gasteiger partial charge in [0.15, 0.2) is 0 Å². The number of terminal acetylenes is 1. The summed E-state index contributed by atoms with van der Waals surface area (Å²) in [5.41, 5.74) is -0.967. The van der Waals surface area contributed by atoms with Crippen LogP contribution in [0.5, 0.6) is 0 Å². The second kappa shape index (κ2) is 5.71. The Labute approximate surface area is 119 Å². The summed E-state index contributed by atoms with van der Waals surface area (Å²) < 4.78 is 5.89. The smallest absolute Gasteiger partial charge is 0.323 e. The third-order valence-electron chi connectivity index (χ3n) is 2.85. The molecule has 20 heavy (non-hydrogen) atoms. The number of rotatable bonds is 3. The number of carboxylic acid groups (broad SMARTS) is 1. The second-order valence-electron chi connectivity index (χ2n) is 6.21. The van der Waals surface area contributed by atoms with Gasteiger partial charge in [0.2, 0.25) is 0 Å². The molecule has 0 spiro atoms. The predicted molar refractivity (Wildman–Crippen MR) is 74.3 cm³/mol. The summed E-state index contributed by atoms with van der Waals surface area (Å²) in [5, 5.41) is 8.86. The Morgan fingerprint density at radius 1 is 1.30 bits per heavy atom. The van der Waals surface area contributed by atoms with E-state index in [4.69, 9.17) is 16.3 Å². The monoisotopic (exact) mass is 282 g/mol. The van der Waals surface area contributed by atoms with Gasteiger partial charge in [-0.1, -0.05) is 5.92 Å². The number of carbonyl (C=O) groups is 2. The van der Waals surface area contributed by atoms with Crippen molar-refractivity contribution < 1.29 is 19.4 Å². The lowest BCUT2D eigenvalue weighted by Gasteiger charge is -2.47. The van der Waals surface area contributed by atoms with Gasteiger partial charge in [0, 0.05) is 0 Å². The fraction of sp³-hybridized carbons (Fsp3) is 0.714.